The maximum absolute atomic E-state index is 13.7. The summed E-state index contributed by atoms with van der Waals surface area (Å²) >= 11 is 1.13. The summed E-state index contributed by atoms with van der Waals surface area (Å²) in [6, 6.07) is 3.40. The lowest BCUT2D eigenvalue weighted by atomic mass is 9.93. The van der Waals surface area contributed by atoms with Gasteiger partial charge >= 0.3 is 0 Å². The molecule has 6 heteroatoms. The minimum Gasteiger partial charge on any atom is -0.368 e. The zero-order valence-corrected chi connectivity index (χ0v) is 13.0. The number of nitrogens with two attached hydrogens (primary N) is 1. The highest BCUT2D eigenvalue weighted by Gasteiger charge is 2.50. The van der Waals surface area contributed by atoms with Gasteiger partial charge in [-0.15, -0.1) is 11.8 Å². The molecule has 1 saturated carbocycles. The number of amides is 1. The molecule has 0 aromatic heterocycles. The second-order valence-electron chi connectivity index (χ2n) is 5.77. The molecule has 1 aromatic carbocycles. The van der Waals surface area contributed by atoms with E-state index in [1.807, 2.05) is 13.8 Å². The smallest absolute Gasteiger partial charge is 0.238 e. The lowest BCUT2D eigenvalue weighted by molar-refractivity contribution is -0.124. The summed E-state index contributed by atoms with van der Waals surface area (Å²) in [7, 11) is 0. The fraction of sp³-hybridized carbons (Fsp3) is 0.533. The van der Waals surface area contributed by atoms with Crippen molar-refractivity contribution < 1.29 is 13.6 Å². The van der Waals surface area contributed by atoms with Crippen LogP contribution >= 0.6 is 11.8 Å². The van der Waals surface area contributed by atoms with Crippen molar-refractivity contribution in [2.24, 2.45) is 11.7 Å². The molecule has 2 rings (SSSR count). The minimum atomic E-state index is -0.864. The van der Waals surface area contributed by atoms with Crippen LogP contribution in [0.3, 0.4) is 0 Å². The van der Waals surface area contributed by atoms with Crippen LogP contribution in [0.5, 0.6) is 0 Å². The van der Waals surface area contributed by atoms with Crippen LogP contribution in [0, 0.1) is 17.6 Å². The van der Waals surface area contributed by atoms with Gasteiger partial charge in [-0.2, -0.15) is 0 Å². The van der Waals surface area contributed by atoms with E-state index in [0.717, 1.165) is 42.8 Å². The molecular weight excluding hydrogens is 294 g/mol. The van der Waals surface area contributed by atoms with Gasteiger partial charge in [0, 0.05) is 16.7 Å². The van der Waals surface area contributed by atoms with E-state index in [9.17, 15) is 13.6 Å². The summed E-state index contributed by atoms with van der Waals surface area (Å²) in [5.74, 6) is -0.942. The van der Waals surface area contributed by atoms with Crippen LogP contribution in [0.1, 0.15) is 26.7 Å². The van der Waals surface area contributed by atoms with Gasteiger partial charge in [-0.1, -0.05) is 0 Å². The Balaban J connectivity index is 2.19. The highest BCUT2D eigenvalue weighted by atomic mass is 32.2. The number of halogens is 2. The fourth-order valence-corrected chi connectivity index (χ4v) is 3.74. The number of hydrogen-bond acceptors (Lipinski definition) is 3. The first-order valence-corrected chi connectivity index (χ1v) is 7.99. The van der Waals surface area contributed by atoms with E-state index in [1.54, 1.807) is 0 Å². The number of nitrogens with one attached hydrogen (secondary N) is 1. The van der Waals surface area contributed by atoms with E-state index >= 15 is 0 Å². The predicted molar refractivity (Wildman–Crippen MR) is 80.0 cm³/mol. The van der Waals surface area contributed by atoms with Crippen molar-refractivity contribution in [2.45, 2.75) is 43.2 Å². The summed E-state index contributed by atoms with van der Waals surface area (Å²) in [5, 5.41) is 3.25. The average molecular weight is 314 g/mol. The lowest BCUT2D eigenvalue weighted by Crippen LogP contribution is -2.61. The van der Waals surface area contributed by atoms with Crippen LogP contribution in [-0.4, -0.2) is 23.2 Å². The van der Waals surface area contributed by atoms with Crippen LogP contribution in [-0.2, 0) is 4.79 Å². The molecule has 1 aliphatic rings. The number of thioether (sulfide) groups is 1. The summed E-state index contributed by atoms with van der Waals surface area (Å²) in [5.41, 5.74) is 4.75. The van der Waals surface area contributed by atoms with Crippen LogP contribution < -0.4 is 11.1 Å². The third-order valence-corrected chi connectivity index (χ3v) is 4.83. The van der Waals surface area contributed by atoms with Gasteiger partial charge in [0.25, 0.3) is 0 Å². The van der Waals surface area contributed by atoms with E-state index in [-0.39, 0.29) is 16.9 Å². The second kappa shape index (κ2) is 6.32. The Bertz CT molecular complexity index is 534. The Morgan fingerprint density at radius 1 is 1.48 bits per heavy atom. The van der Waals surface area contributed by atoms with Crippen LogP contribution in [0.25, 0.3) is 0 Å². The zero-order valence-electron chi connectivity index (χ0n) is 12.2. The SMILES string of the molecule is CC(C)NC(CSc1cc(F)ccc1F)(C(N)=O)C1CC1. The number of hydrogen-bond donors (Lipinski definition) is 2. The number of rotatable bonds is 7. The van der Waals surface area contributed by atoms with Crippen LogP contribution in [0.4, 0.5) is 8.78 Å². The van der Waals surface area contributed by atoms with Gasteiger partial charge in [0.1, 0.15) is 17.2 Å². The molecule has 0 bridgehead atoms. The standard InChI is InChI=1S/C15H20F2N2OS/c1-9(2)19-15(14(18)20,10-3-4-10)8-21-13-7-11(16)5-6-12(13)17/h5-7,9-10,19H,3-4,8H2,1-2H3,(H2,18,20). The molecule has 1 atom stereocenters. The van der Waals surface area contributed by atoms with Crippen molar-refractivity contribution >= 4 is 17.7 Å². The third kappa shape index (κ3) is 3.74. The maximum atomic E-state index is 13.7. The van der Waals surface area contributed by atoms with Crippen LogP contribution in [0.15, 0.2) is 23.1 Å². The van der Waals surface area contributed by atoms with E-state index in [4.69, 9.17) is 5.73 Å². The van der Waals surface area contributed by atoms with Crippen molar-refractivity contribution in [3.05, 3.63) is 29.8 Å². The molecule has 21 heavy (non-hydrogen) atoms. The van der Waals surface area contributed by atoms with Crippen LogP contribution in [0.2, 0.25) is 0 Å². The molecule has 3 N–H and O–H groups in total. The molecule has 3 nitrogen and oxygen atoms in total. The van der Waals surface area contributed by atoms with Gasteiger partial charge in [-0.05, 0) is 50.8 Å². The molecule has 1 unspecified atom stereocenters. The first-order chi connectivity index (χ1) is 9.85. The predicted octanol–water partition coefficient (Wildman–Crippen LogP) is 2.69. The Morgan fingerprint density at radius 3 is 2.67 bits per heavy atom. The Labute approximate surface area is 127 Å². The third-order valence-electron chi connectivity index (χ3n) is 3.61. The van der Waals surface area contributed by atoms with Gasteiger partial charge < -0.3 is 11.1 Å². The second-order valence-corrected chi connectivity index (χ2v) is 6.79. The summed E-state index contributed by atoms with van der Waals surface area (Å²) in [4.78, 5) is 12.2. The molecule has 1 amide bonds. The quantitative estimate of drug-likeness (QED) is 0.761. The van der Waals surface area contributed by atoms with Crippen molar-refractivity contribution in [1.82, 2.24) is 5.32 Å². The van der Waals surface area contributed by atoms with Gasteiger partial charge in [0.15, 0.2) is 0 Å². The largest absolute Gasteiger partial charge is 0.368 e. The average Bonchev–Trinajstić information content (AvgIpc) is 3.22. The molecule has 1 fully saturated rings. The number of carbonyl (C=O) groups is 1. The normalized spacial score (nSPS) is 17.8. The first-order valence-electron chi connectivity index (χ1n) is 7.00. The molecule has 1 aliphatic carbocycles. The van der Waals surface area contributed by atoms with Gasteiger partial charge in [0.05, 0.1) is 0 Å². The Morgan fingerprint density at radius 2 is 2.14 bits per heavy atom. The molecule has 0 saturated heterocycles. The van der Waals surface area contributed by atoms with Gasteiger partial charge in [-0.3, -0.25) is 4.79 Å². The molecule has 116 valence electrons. The lowest BCUT2D eigenvalue weighted by Gasteiger charge is -2.34. The van der Waals surface area contributed by atoms with Crippen molar-refractivity contribution in [2.75, 3.05) is 5.75 Å². The van der Waals surface area contributed by atoms with E-state index < -0.39 is 23.1 Å². The molecule has 1 aromatic rings. The van der Waals surface area contributed by atoms with Crippen molar-refractivity contribution in [3.8, 4) is 0 Å². The van der Waals surface area contributed by atoms with E-state index in [1.165, 1.54) is 0 Å². The van der Waals surface area contributed by atoms with Gasteiger partial charge in [0.2, 0.25) is 5.91 Å². The number of benzene rings is 1. The van der Waals surface area contributed by atoms with Crippen molar-refractivity contribution in [1.29, 1.82) is 0 Å². The highest BCUT2D eigenvalue weighted by Crippen LogP contribution is 2.43. The molecule has 0 aliphatic heterocycles. The number of carbonyl (C=O) groups excluding carboxylic acids is 1. The first kappa shape index (κ1) is 16.2. The topological polar surface area (TPSA) is 55.1 Å². The molecular formula is C15H20F2N2OS. The van der Waals surface area contributed by atoms with Crippen molar-refractivity contribution in [3.63, 3.8) is 0 Å². The number of primary amides is 1. The summed E-state index contributed by atoms with van der Waals surface area (Å²) < 4.78 is 26.9. The van der Waals surface area contributed by atoms with Gasteiger partial charge in [-0.25, -0.2) is 8.78 Å². The minimum absolute atomic E-state index is 0.0797. The monoisotopic (exact) mass is 314 g/mol. The maximum Gasteiger partial charge on any atom is 0.238 e. The summed E-state index contributed by atoms with van der Waals surface area (Å²) in [6.45, 7) is 3.88. The molecule has 0 spiro atoms. The Kier molecular flexibility index (Phi) is 4.88. The molecule has 0 radical (unpaired) electrons. The van der Waals surface area contributed by atoms with E-state index in [2.05, 4.69) is 5.32 Å². The zero-order chi connectivity index (χ0) is 15.6. The molecule has 0 heterocycles. The Hall–Kier alpha value is -1.14. The van der Waals surface area contributed by atoms with E-state index in [0.29, 0.717) is 5.75 Å². The fourth-order valence-electron chi connectivity index (χ4n) is 2.49. The summed E-state index contributed by atoms with van der Waals surface area (Å²) in [6.07, 6.45) is 1.85. The highest BCUT2D eigenvalue weighted by molar-refractivity contribution is 7.99.